The predicted octanol–water partition coefficient (Wildman–Crippen LogP) is 4.36. The Bertz CT molecular complexity index is 535. The minimum Gasteiger partial charge on any atom is -0.468 e. The van der Waals surface area contributed by atoms with Crippen LogP contribution in [0.15, 0.2) is 28.2 Å². The monoisotopic (exact) mass is 322 g/mol. The molecule has 0 aromatic carbocycles. The molecule has 0 amide bonds. The zero-order chi connectivity index (χ0) is 15.9. The Hall–Kier alpha value is -1.17. The summed E-state index contributed by atoms with van der Waals surface area (Å²) in [6.45, 7) is 10.7. The highest BCUT2D eigenvalue weighted by molar-refractivity contribution is 7.09. The molecule has 2 rings (SSSR count). The van der Waals surface area contributed by atoms with E-state index in [-0.39, 0.29) is 6.04 Å². The summed E-state index contributed by atoms with van der Waals surface area (Å²) in [5.41, 5.74) is 1.08. The van der Waals surface area contributed by atoms with Crippen LogP contribution in [-0.4, -0.2) is 18.2 Å². The Kier molecular flexibility index (Phi) is 6.61. The Morgan fingerprint density at radius 3 is 2.68 bits per heavy atom. The molecule has 1 atom stereocenters. The lowest BCUT2D eigenvalue weighted by atomic mass is 10.2. The van der Waals surface area contributed by atoms with Gasteiger partial charge in [0, 0.05) is 24.4 Å². The maximum absolute atomic E-state index is 5.77. The highest BCUT2D eigenvalue weighted by Gasteiger charge is 2.15. The molecule has 0 saturated carbocycles. The summed E-state index contributed by atoms with van der Waals surface area (Å²) in [4.78, 5) is 4.66. The van der Waals surface area contributed by atoms with E-state index in [4.69, 9.17) is 9.15 Å². The second-order valence-corrected chi connectivity index (χ2v) is 7.10. The fourth-order valence-electron chi connectivity index (χ4n) is 2.05. The minimum absolute atomic E-state index is 0.0537. The average Bonchev–Trinajstić information content (AvgIpc) is 3.13. The van der Waals surface area contributed by atoms with Gasteiger partial charge in [-0.2, -0.15) is 0 Å². The van der Waals surface area contributed by atoms with Crippen LogP contribution in [0, 0.1) is 5.92 Å². The minimum atomic E-state index is 0.0537. The van der Waals surface area contributed by atoms with E-state index < -0.39 is 0 Å². The van der Waals surface area contributed by atoms with Crippen LogP contribution in [0.4, 0.5) is 0 Å². The zero-order valence-corrected chi connectivity index (χ0v) is 14.7. The number of nitrogens with one attached hydrogen (secondary N) is 1. The largest absolute Gasteiger partial charge is 0.468 e. The maximum atomic E-state index is 5.77. The van der Waals surface area contributed by atoms with Gasteiger partial charge in [-0.05, 0) is 18.1 Å². The summed E-state index contributed by atoms with van der Waals surface area (Å²) in [6.07, 6.45) is 1.70. The second-order valence-electron chi connectivity index (χ2n) is 6.21. The molecule has 122 valence electrons. The molecule has 0 radical (unpaired) electrons. The highest BCUT2D eigenvalue weighted by Crippen LogP contribution is 2.20. The fourth-order valence-corrected chi connectivity index (χ4v) is 2.88. The Morgan fingerprint density at radius 1 is 1.27 bits per heavy atom. The van der Waals surface area contributed by atoms with Crippen LogP contribution in [0.2, 0.25) is 0 Å². The van der Waals surface area contributed by atoms with Crippen LogP contribution < -0.4 is 5.32 Å². The lowest BCUT2D eigenvalue weighted by Crippen LogP contribution is -2.25. The van der Waals surface area contributed by atoms with Crippen LogP contribution in [0.3, 0.4) is 0 Å². The molecule has 4 nitrogen and oxygen atoms in total. The van der Waals surface area contributed by atoms with Gasteiger partial charge in [0.1, 0.15) is 5.76 Å². The van der Waals surface area contributed by atoms with Gasteiger partial charge >= 0.3 is 0 Å². The van der Waals surface area contributed by atoms with Crippen molar-refractivity contribution in [3.05, 3.63) is 40.2 Å². The van der Waals surface area contributed by atoms with Gasteiger partial charge in [-0.15, -0.1) is 11.3 Å². The smallest absolute Gasteiger partial charge is 0.123 e. The summed E-state index contributed by atoms with van der Waals surface area (Å²) >= 11 is 1.72. The fraction of sp³-hybridized carbons (Fsp3) is 0.588. The molecule has 2 aromatic rings. The van der Waals surface area contributed by atoms with E-state index in [0.717, 1.165) is 24.6 Å². The van der Waals surface area contributed by atoms with Crippen molar-refractivity contribution in [1.29, 1.82) is 0 Å². The van der Waals surface area contributed by atoms with Gasteiger partial charge in [0.15, 0.2) is 0 Å². The Morgan fingerprint density at radius 2 is 2.09 bits per heavy atom. The quantitative estimate of drug-likeness (QED) is 0.745. The van der Waals surface area contributed by atoms with Gasteiger partial charge < -0.3 is 9.15 Å². The van der Waals surface area contributed by atoms with E-state index in [0.29, 0.717) is 18.4 Å². The van der Waals surface area contributed by atoms with Crippen LogP contribution in [0.25, 0.3) is 0 Å². The first kappa shape index (κ1) is 17.2. The van der Waals surface area contributed by atoms with Crippen molar-refractivity contribution < 1.29 is 9.15 Å². The lowest BCUT2D eigenvalue weighted by molar-refractivity contribution is 0.0843. The van der Waals surface area contributed by atoms with Crippen molar-refractivity contribution in [3.63, 3.8) is 0 Å². The van der Waals surface area contributed by atoms with E-state index >= 15 is 0 Å². The topological polar surface area (TPSA) is 47.3 Å². The summed E-state index contributed by atoms with van der Waals surface area (Å²) in [6, 6.07) is 3.95. The number of nitrogens with zero attached hydrogens (tertiary/aromatic N) is 1. The molecule has 2 aromatic heterocycles. The van der Waals surface area contributed by atoms with Crippen LogP contribution in [0.5, 0.6) is 0 Å². The van der Waals surface area contributed by atoms with Crippen LogP contribution in [0.1, 0.15) is 56.1 Å². The molecule has 1 unspecified atom stereocenters. The molecule has 2 heterocycles. The van der Waals surface area contributed by atoms with Crippen LogP contribution in [-0.2, 0) is 11.3 Å². The van der Waals surface area contributed by atoms with Crippen molar-refractivity contribution in [2.24, 2.45) is 5.92 Å². The second kappa shape index (κ2) is 8.46. The van der Waals surface area contributed by atoms with Gasteiger partial charge in [0.05, 0.1) is 29.6 Å². The van der Waals surface area contributed by atoms with E-state index in [9.17, 15) is 0 Å². The van der Waals surface area contributed by atoms with Crippen molar-refractivity contribution in [3.8, 4) is 0 Å². The third-order valence-electron chi connectivity index (χ3n) is 3.22. The lowest BCUT2D eigenvalue weighted by Gasteiger charge is -2.17. The molecule has 0 spiro atoms. The predicted molar refractivity (Wildman–Crippen MR) is 90.1 cm³/mol. The van der Waals surface area contributed by atoms with Crippen LogP contribution >= 0.6 is 11.3 Å². The van der Waals surface area contributed by atoms with E-state index in [1.807, 2.05) is 12.1 Å². The summed E-state index contributed by atoms with van der Waals surface area (Å²) in [5.74, 6) is 1.92. The molecule has 5 heteroatoms. The molecule has 22 heavy (non-hydrogen) atoms. The molecule has 0 aliphatic heterocycles. The molecule has 0 aliphatic rings. The molecule has 0 aliphatic carbocycles. The first-order valence-corrected chi connectivity index (χ1v) is 8.73. The van der Waals surface area contributed by atoms with Gasteiger partial charge in [-0.1, -0.05) is 27.7 Å². The first-order chi connectivity index (χ1) is 10.6. The average molecular weight is 322 g/mol. The Balaban J connectivity index is 1.91. The zero-order valence-electron chi connectivity index (χ0n) is 13.8. The molecule has 1 N–H and O–H groups in total. The van der Waals surface area contributed by atoms with Gasteiger partial charge in [-0.3, -0.25) is 5.32 Å². The van der Waals surface area contributed by atoms with Gasteiger partial charge in [0.25, 0.3) is 0 Å². The number of hydrogen-bond acceptors (Lipinski definition) is 5. The molecule has 0 saturated heterocycles. The summed E-state index contributed by atoms with van der Waals surface area (Å²) in [5, 5.41) is 6.79. The number of thiazole rings is 1. The molecular weight excluding hydrogens is 296 g/mol. The number of rotatable bonds is 9. The SMILES string of the molecule is CC(C)COCC(NCc1csc(C(C)C)n1)c1ccco1. The summed E-state index contributed by atoms with van der Waals surface area (Å²) in [7, 11) is 0. The van der Waals surface area contributed by atoms with Crippen molar-refractivity contribution >= 4 is 11.3 Å². The maximum Gasteiger partial charge on any atom is 0.123 e. The van der Waals surface area contributed by atoms with Crippen molar-refractivity contribution in [1.82, 2.24) is 10.3 Å². The number of ether oxygens (including phenoxy) is 1. The third kappa shape index (κ3) is 5.23. The van der Waals surface area contributed by atoms with Gasteiger partial charge in [0.2, 0.25) is 0 Å². The van der Waals surface area contributed by atoms with E-state index in [1.165, 1.54) is 5.01 Å². The highest BCUT2D eigenvalue weighted by atomic mass is 32.1. The number of hydrogen-bond donors (Lipinski definition) is 1. The first-order valence-electron chi connectivity index (χ1n) is 7.85. The normalized spacial score (nSPS) is 13.2. The van der Waals surface area contributed by atoms with Crippen molar-refractivity contribution in [2.45, 2.75) is 46.2 Å². The van der Waals surface area contributed by atoms with E-state index in [1.54, 1.807) is 17.6 Å². The third-order valence-corrected chi connectivity index (χ3v) is 4.41. The molecule has 0 bridgehead atoms. The van der Waals surface area contributed by atoms with E-state index in [2.05, 4.69) is 43.4 Å². The number of furan rings is 1. The molecule has 0 fully saturated rings. The molecular formula is C17H26N2O2S. The van der Waals surface area contributed by atoms with Gasteiger partial charge in [-0.25, -0.2) is 4.98 Å². The number of aromatic nitrogens is 1. The van der Waals surface area contributed by atoms with Crippen molar-refractivity contribution in [2.75, 3.05) is 13.2 Å². The standard InChI is InChI=1S/C17H26N2O2S/c1-12(2)9-20-10-15(16-6-5-7-21-16)18-8-14-11-22-17(19-14)13(3)4/h5-7,11-13,15,18H,8-10H2,1-4H3. The summed E-state index contributed by atoms with van der Waals surface area (Å²) < 4.78 is 11.3. The Labute approximate surface area is 136 Å².